The van der Waals surface area contributed by atoms with Crippen molar-refractivity contribution in [1.82, 2.24) is 5.32 Å². The van der Waals surface area contributed by atoms with E-state index in [1.165, 1.54) is 0 Å². The van der Waals surface area contributed by atoms with Crippen LogP contribution in [0.1, 0.15) is 12.8 Å². The molecule has 3 nitrogen and oxygen atoms in total. The zero-order valence-electron chi connectivity index (χ0n) is 6.67. The standard InChI is InChI=1S/C8H11NO2.ClH/c1-2-8(7(10)11)3-5-9-6-4-8;/h1,9H,3-6H2,(H,10,11);1H. The van der Waals surface area contributed by atoms with Crippen LogP contribution in [-0.4, -0.2) is 24.2 Å². The van der Waals surface area contributed by atoms with Crippen LogP contribution < -0.4 is 5.32 Å². The highest BCUT2D eigenvalue weighted by atomic mass is 35.5. The van der Waals surface area contributed by atoms with Crippen LogP contribution in [0.5, 0.6) is 0 Å². The van der Waals surface area contributed by atoms with Gasteiger partial charge in [-0.25, -0.2) is 0 Å². The van der Waals surface area contributed by atoms with Gasteiger partial charge in [-0.05, 0) is 25.9 Å². The van der Waals surface area contributed by atoms with E-state index in [0.29, 0.717) is 25.9 Å². The van der Waals surface area contributed by atoms with Crippen molar-refractivity contribution in [3.63, 3.8) is 0 Å². The Hall–Kier alpha value is -0.720. The lowest BCUT2D eigenvalue weighted by Crippen LogP contribution is -2.41. The van der Waals surface area contributed by atoms with Crippen molar-refractivity contribution in [3.8, 4) is 12.3 Å². The fraction of sp³-hybridized carbons (Fsp3) is 0.625. The minimum Gasteiger partial charge on any atom is -0.480 e. The molecule has 12 heavy (non-hydrogen) atoms. The molecular formula is C8H12ClNO2. The summed E-state index contributed by atoms with van der Waals surface area (Å²) in [5, 5.41) is 11.9. The molecule has 0 bridgehead atoms. The third-order valence-electron chi connectivity index (χ3n) is 2.14. The Kier molecular flexibility index (Phi) is 4.08. The van der Waals surface area contributed by atoms with E-state index in [1.807, 2.05) is 0 Å². The molecule has 0 saturated carbocycles. The molecule has 0 spiro atoms. The maximum Gasteiger partial charge on any atom is 0.321 e. The molecule has 2 N–H and O–H groups in total. The fourth-order valence-electron chi connectivity index (χ4n) is 1.27. The van der Waals surface area contributed by atoms with Gasteiger partial charge >= 0.3 is 5.97 Å². The maximum atomic E-state index is 10.7. The first kappa shape index (κ1) is 11.3. The summed E-state index contributed by atoms with van der Waals surface area (Å²) in [6.07, 6.45) is 6.26. The molecule has 1 aliphatic heterocycles. The molecule has 1 saturated heterocycles. The van der Waals surface area contributed by atoms with E-state index in [-0.39, 0.29) is 12.4 Å². The van der Waals surface area contributed by atoms with Gasteiger partial charge in [-0.2, -0.15) is 0 Å². The van der Waals surface area contributed by atoms with Crippen LogP contribution in [0.25, 0.3) is 0 Å². The lowest BCUT2D eigenvalue weighted by molar-refractivity contribution is -0.146. The number of halogens is 1. The van der Waals surface area contributed by atoms with Crippen molar-refractivity contribution in [2.75, 3.05) is 13.1 Å². The van der Waals surface area contributed by atoms with Gasteiger partial charge in [0.1, 0.15) is 5.41 Å². The fourth-order valence-corrected chi connectivity index (χ4v) is 1.27. The Morgan fingerprint density at radius 3 is 2.25 bits per heavy atom. The van der Waals surface area contributed by atoms with Gasteiger partial charge in [0, 0.05) is 0 Å². The third-order valence-corrected chi connectivity index (χ3v) is 2.14. The van der Waals surface area contributed by atoms with Gasteiger partial charge < -0.3 is 10.4 Å². The van der Waals surface area contributed by atoms with Gasteiger partial charge in [-0.1, -0.05) is 5.92 Å². The summed E-state index contributed by atoms with van der Waals surface area (Å²) in [6, 6.07) is 0. The average molecular weight is 190 g/mol. The van der Waals surface area contributed by atoms with Crippen molar-refractivity contribution >= 4 is 18.4 Å². The molecule has 0 unspecified atom stereocenters. The minimum atomic E-state index is -0.898. The minimum absolute atomic E-state index is 0. The zero-order chi connectivity index (χ0) is 8.32. The normalized spacial score (nSPS) is 20.2. The van der Waals surface area contributed by atoms with Crippen molar-refractivity contribution in [1.29, 1.82) is 0 Å². The summed E-state index contributed by atoms with van der Waals surface area (Å²) in [5.74, 6) is 1.52. The van der Waals surface area contributed by atoms with Crippen molar-refractivity contribution < 1.29 is 9.90 Å². The van der Waals surface area contributed by atoms with Gasteiger partial charge in [0.15, 0.2) is 0 Å². The van der Waals surface area contributed by atoms with Crippen LogP contribution in [0.15, 0.2) is 0 Å². The topological polar surface area (TPSA) is 49.3 Å². The number of rotatable bonds is 1. The largest absolute Gasteiger partial charge is 0.480 e. The second-order valence-electron chi connectivity index (χ2n) is 2.78. The summed E-state index contributed by atoms with van der Waals surface area (Å²) >= 11 is 0. The first-order valence-corrected chi connectivity index (χ1v) is 3.63. The predicted octanol–water partition coefficient (Wildman–Crippen LogP) is 0.496. The number of terminal acetylenes is 1. The van der Waals surface area contributed by atoms with Crippen molar-refractivity contribution in [2.45, 2.75) is 12.8 Å². The quantitative estimate of drug-likeness (QED) is 0.591. The van der Waals surface area contributed by atoms with E-state index in [2.05, 4.69) is 11.2 Å². The summed E-state index contributed by atoms with van der Waals surface area (Å²) < 4.78 is 0. The molecule has 0 amide bonds. The molecule has 0 aromatic heterocycles. The predicted molar refractivity (Wildman–Crippen MR) is 48.3 cm³/mol. The molecule has 0 atom stereocenters. The maximum absolute atomic E-state index is 10.7. The second-order valence-corrected chi connectivity index (χ2v) is 2.78. The monoisotopic (exact) mass is 189 g/mol. The van der Waals surface area contributed by atoms with E-state index < -0.39 is 11.4 Å². The Morgan fingerprint density at radius 1 is 1.50 bits per heavy atom. The van der Waals surface area contributed by atoms with Gasteiger partial charge in [0.2, 0.25) is 0 Å². The van der Waals surface area contributed by atoms with Crippen LogP contribution >= 0.6 is 12.4 Å². The van der Waals surface area contributed by atoms with E-state index in [0.717, 1.165) is 0 Å². The molecule has 0 radical (unpaired) electrons. The summed E-state index contributed by atoms with van der Waals surface area (Å²) in [7, 11) is 0. The smallest absolute Gasteiger partial charge is 0.321 e. The van der Waals surface area contributed by atoms with Gasteiger partial charge in [0.25, 0.3) is 0 Å². The molecule has 0 aromatic carbocycles. The van der Waals surface area contributed by atoms with E-state index in [9.17, 15) is 4.79 Å². The van der Waals surface area contributed by atoms with E-state index in [1.54, 1.807) is 0 Å². The number of hydrogen-bond acceptors (Lipinski definition) is 2. The van der Waals surface area contributed by atoms with Crippen LogP contribution in [0.4, 0.5) is 0 Å². The molecule has 4 heteroatoms. The van der Waals surface area contributed by atoms with Crippen LogP contribution in [0, 0.1) is 17.8 Å². The molecule has 1 rings (SSSR count). The van der Waals surface area contributed by atoms with Crippen LogP contribution in [0.2, 0.25) is 0 Å². The molecule has 1 aliphatic rings. The zero-order valence-corrected chi connectivity index (χ0v) is 7.49. The number of carbonyl (C=O) groups is 1. The van der Waals surface area contributed by atoms with Crippen molar-refractivity contribution in [3.05, 3.63) is 0 Å². The molecule has 0 aromatic rings. The highest BCUT2D eigenvalue weighted by Gasteiger charge is 2.37. The van der Waals surface area contributed by atoms with Gasteiger partial charge in [0.05, 0.1) is 0 Å². The summed E-state index contributed by atoms with van der Waals surface area (Å²) in [6.45, 7) is 1.41. The summed E-state index contributed by atoms with van der Waals surface area (Å²) in [4.78, 5) is 10.7. The Bertz CT molecular complexity index is 204. The number of carboxylic acid groups (broad SMARTS) is 1. The Balaban J connectivity index is 0.00000121. The highest BCUT2D eigenvalue weighted by Crippen LogP contribution is 2.27. The number of piperidine rings is 1. The van der Waals surface area contributed by atoms with E-state index in [4.69, 9.17) is 11.5 Å². The lowest BCUT2D eigenvalue weighted by atomic mass is 9.80. The molecule has 1 fully saturated rings. The first-order valence-electron chi connectivity index (χ1n) is 3.63. The Morgan fingerprint density at radius 2 is 2.00 bits per heavy atom. The molecular weight excluding hydrogens is 178 g/mol. The van der Waals surface area contributed by atoms with E-state index >= 15 is 0 Å². The lowest BCUT2D eigenvalue weighted by Gasteiger charge is -2.28. The molecule has 0 aliphatic carbocycles. The van der Waals surface area contributed by atoms with Gasteiger partial charge in [-0.3, -0.25) is 4.79 Å². The second kappa shape index (κ2) is 4.34. The average Bonchev–Trinajstić information content (AvgIpc) is 2.05. The van der Waals surface area contributed by atoms with Crippen LogP contribution in [-0.2, 0) is 4.79 Å². The van der Waals surface area contributed by atoms with Crippen molar-refractivity contribution in [2.24, 2.45) is 5.41 Å². The van der Waals surface area contributed by atoms with Gasteiger partial charge in [-0.15, -0.1) is 18.8 Å². The third kappa shape index (κ3) is 1.90. The number of carboxylic acids is 1. The number of hydrogen-bond donors (Lipinski definition) is 2. The molecule has 68 valence electrons. The number of nitrogens with one attached hydrogen (secondary N) is 1. The summed E-state index contributed by atoms with van der Waals surface area (Å²) in [5.41, 5.74) is -0.898. The first-order chi connectivity index (χ1) is 5.21. The number of aliphatic carboxylic acids is 1. The van der Waals surface area contributed by atoms with Crippen LogP contribution in [0.3, 0.4) is 0 Å². The molecule has 1 heterocycles. The highest BCUT2D eigenvalue weighted by molar-refractivity contribution is 5.85. The SMILES string of the molecule is C#CC1(C(=O)O)CCNCC1.Cl. The Labute approximate surface area is 77.9 Å².